The summed E-state index contributed by atoms with van der Waals surface area (Å²) in [6, 6.07) is 6.19. The smallest absolute Gasteiger partial charge is 0.191 e. The maximum atomic E-state index is 13.6. The summed E-state index contributed by atoms with van der Waals surface area (Å²) in [5.74, 6) is 0.189. The average Bonchev–Trinajstić information content (AvgIpc) is 2.52. The fourth-order valence-corrected chi connectivity index (χ4v) is 1.89. The molecule has 1 rings (SSSR count). The van der Waals surface area contributed by atoms with E-state index in [4.69, 9.17) is 4.74 Å². The van der Waals surface area contributed by atoms with E-state index in [1.54, 1.807) is 18.2 Å². The summed E-state index contributed by atoms with van der Waals surface area (Å²) in [7, 11) is 0. The minimum Gasteiger partial charge on any atom is -0.386 e. The molecule has 0 amide bonds. The fraction of sp³-hybridized carbons (Fsp3) is 0.562. The number of hydrogen-bond donors (Lipinski definition) is 3. The number of aliphatic hydroxyl groups excluding tert-OH is 1. The molecule has 0 aliphatic carbocycles. The normalized spacial score (nSPS) is 13.0. The molecule has 0 fully saturated rings. The van der Waals surface area contributed by atoms with Crippen LogP contribution in [0.25, 0.3) is 0 Å². The number of guanidine groups is 1. The second-order valence-corrected chi connectivity index (χ2v) is 4.73. The maximum Gasteiger partial charge on any atom is 0.191 e. The second-order valence-electron chi connectivity index (χ2n) is 4.73. The topological polar surface area (TPSA) is 65.9 Å². The van der Waals surface area contributed by atoms with Crippen molar-refractivity contribution in [2.24, 2.45) is 4.99 Å². The summed E-state index contributed by atoms with van der Waals surface area (Å²) in [6.07, 6.45) is -0.0891. The van der Waals surface area contributed by atoms with Gasteiger partial charge in [-0.05, 0) is 26.3 Å². The highest BCUT2D eigenvalue weighted by atomic mass is 19.1. The molecule has 6 heteroatoms. The predicted molar refractivity (Wildman–Crippen MR) is 86.5 cm³/mol. The lowest BCUT2D eigenvalue weighted by Crippen LogP contribution is -2.38. The van der Waals surface area contributed by atoms with Crippen molar-refractivity contribution in [2.45, 2.75) is 26.4 Å². The Morgan fingerprint density at radius 3 is 2.77 bits per heavy atom. The van der Waals surface area contributed by atoms with Gasteiger partial charge in [0.1, 0.15) is 11.9 Å². The Hall–Kier alpha value is -1.66. The van der Waals surface area contributed by atoms with E-state index in [9.17, 15) is 9.50 Å². The van der Waals surface area contributed by atoms with Crippen LogP contribution in [0.4, 0.5) is 4.39 Å². The van der Waals surface area contributed by atoms with Crippen molar-refractivity contribution in [3.63, 3.8) is 0 Å². The van der Waals surface area contributed by atoms with Crippen molar-refractivity contribution >= 4 is 5.96 Å². The molecule has 0 heterocycles. The second kappa shape index (κ2) is 11.0. The van der Waals surface area contributed by atoms with Gasteiger partial charge >= 0.3 is 0 Å². The van der Waals surface area contributed by atoms with Crippen molar-refractivity contribution < 1.29 is 14.2 Å². The van der Waals surface area contributed by atoms with Crippen molar-refractivity contribution in [1.29, 1.82) is 0 Å². The molecule has 0 spiro atoms. The number of aliphatic hydroxyl groups is 1. The SMILES string of the molecule is CCNC(=NCC(O)c1ccccc1F)NCCCOCC. The van der Waals surface area contributed by atoms with Crippen molar-refractivity contribution in [2.75, 3.05) is 32.8 Å². The molecule has 0 bridgehead atoms. The molecule has 0 saturated heterocycles. The molecular weight excluding hydrogens is 285 g/mol. The molecule has 0 aliphatic rings. The molecule has 0 radical (unpaired) electrons. The number of halogens is 1. The minimum absolute atomic E-state index is 0.0989. The monoisotopic (exact) mass is 311 g/mol. The minimum atomic E-state index is -0.958. The Kier molecular flexibility index (Phi) is 9.18. The zero-order valence-corrected chi connectivity index (χ0v) is 13.3. The first kappa shape index (κ1) is 18.4. The van der Waals surface area contributed by atoms with E-state index in [0.717, 1.165) is 13.0 Å². The quantitative estimate of drug-likeness (QED) is 0.370. The number of nitrogens with one attached hydrogen (secondary N) is 2. The first-order valence-electron chi connectivity index (χ1n) is 7.71. The Balaban J connectivity index is 2.48. The number of rotatable bonds is 9. The lowest BCUT2D eigenvalue weighted by Gasteiger charge is -2.13. The van der Waals surface area contributed by atoms with Gasteiger partial charge in [0.25, 0.3) is 0 Å². The van der Waals surface area contributed by atoms with Crippen LogP contribution in [-0.4, -0.2) is 43.9 Å². The zero-order valence-electron chi connectivity index (χ0n) is 13.3. The van der Waals surface area contributed by atoms with E-state index < -0.39 is 11.9 Å². The third-order valence-electron chi connectivity index (χ3n) is 2.99. The standard InChI is InChI=1S/C16H26FN3O2/c1-3-18-16(19-10-7-11-22-4-2)20-12-15(21)13-8-5-6-9-14(13)17/h5-6,8-9,15,21H,3-4,7,10-12H2,1-2H3,(H2,18,19,20). The molecule has 0 saturated carbocycles. The number of benzene rings is 1. The Bertz CT molecular complexity index is 455. The molecule has 1 atom stereocenters. The molecule has 1 unspecified atom stereocenters. The van der Waals surface area contributed by atoms with Crippen LogP contribution in [0.1, 0.15) is 31.9 Å². The first-order chi connectivity index (χ1) is 10.7. The van der Waals surface area contributed by atoms with Gasteiger partial charge < -0.3 is 20.5 Å². The van der Waals surface area contributed by atoms with Crippen LogP contribution < -0.4 is 10.6 Å². The van der Waals surface area contributed by atoms with Gasteiger partial charge in [0.15, 0.2) is 5.96 Å². The van der Waals surface area contributed by atoms with E-state index in [1.165, 1.54) is 6.07 Å². The Morgan fingerprint density at radius 1 is 1.32 bits per heavy atom. The highest BCUT2D eigenvalue weighted by molar-refractivity contribution is 5.79. The third kappa shape index (κ3) is 6.87. The molecule has 22 heavy (non-hydrogen) atoms. The summed E-state index contributed by atoms with van der Waals surface area (Å²) in [5.41, 5.74) is 0.262. The van der Waals surface area contributed by atoms with Crippen LogP contribution in [-0.2, 0) is 4.74 Å². The van der Waals surface area contributed by atoms with Gasteiger partial charge in [0, 0.05) is 31.9 Å². The first-order valence-corrected chi connectivity index (χ1v) is 7.71. The van der Waals surface area contributed by atoms with Gasteiger partial charge in [0.2, 0.25) is 0 Å². The Labute approximate surface area is 131 Å². The van der Waals surface area contributed by atoms with Crippen LogP contribution in [0.15, 0.2) is 29.3 Å². The molecule has 1 aromatic rings. The number of aliphatic imine (C=N–C) groups is 1. The third-order valence-corrected chi connectivity index (χ3v) is 2.99. The van der Waals surface area contributed by atoms with Gasteiger partial charge in [0.05, 0.1) is 6.54 Å². The summed E-state index contributed by atoms with van der Waals surface area (Å²) in [6.45, 7) is 6.87. The largest absolute Gasteiger partial charge is 0.386 e. The van der Waals surface area contributed by atoms with Crippen molar-refractivity contribution in [3.8, 4) is 0 Å². The van der Waals surface area contributed by atoms with Crippen LogP contribution in [0.5, 0.6) is 0 Å². The van der Waals surface area contributed by atoms with Crippen molar-refractivity contribution in [1.82, 2.24) is 10.6 Å². The van der Waals surface area contributed by atoms with E-state index in [0.29, 0.717) is 25.7 Å². The van der Waals surface area contributed by atoms with E-state index in [-0.39, 0.29) is 12.1 Å². The van der Waals surface area contributed by atoms with Crippen LogP contribution in [0.2, 0.25) is 0 Å². The zero-order chi connectivity index (χ0) is 16.2. The molecular formula is C16H26FN3O2. The van der Waals surface area contributed by atoms with Crippen LogP contribution in [0, 0.1) is 5.82 Å². The lowest BCUT2D eigenvalue weighted by molar-refractivity contribution is 0.145. The molecule has 124 valence electrons. The summed E-state index contributed by atoms with van der Waals surface area (Å²) >= 11 is 0. The Morgan fingerprint density at radius 2 is 2.09 bits per heavy atom. The van der Waals surface area contributed by atoms with E-state index in [1.807, 2.05) is 13.8 Å². The van der Waals surface area contributed by atoms with E-state index in [2.05, 4.69) is 15.6 Å². The van der Waals surface area contributed by atoms with Gasteiger partial charge in [-0.1, -0.05) is 18.2 Å². The van der Waals surface area contributed by atoms with Crippen LogP contribution >= 0.6 is 0 Å². The van der Waals surface area contributed by atoms with Gasteiger partial charge in [-0.2, -0.15) is 0 Å². The van der Waals surface area contributed by atoms with Gasteiger partial charge in [-0.15, -0.1) is 0 Å². The molecule has 0 aliphatic heterocycles. The lowest BCUT2D eigenvalue weighted by atomic mass is 10.1. The molecule has 1 aromatic carbocycles. The van der Waals surface area contributed by atoms with E-state index >= 15 is 0 Å². The van der Waals surface area contributed by atoms with Gasteiger partial charge in [-0.3, -0.25) is 4.99 Å². The van der Waals surface area contributed by atoms with Crippen molar-refractivity contribution in [3.05, 3.63) is 35.6 Å². The fourth-order valence-electron chi connectivity index (χ4n) is 1.89. The summed E-state index contributed by atoms with van der Waals surface area (Å²) < 4.78 is 18.8. The van der Waals surface area contributed by atoms with Crippen LogP contribution in [0.3, 0.4) is 0 Å². The summed E-state index contributed by atoms with van der Waals surface area (Å²) in [4.78, 5) is 4.29. The van der Waals surface area contributed by atoms with Gasteiger partial charge in [-0.25, -0.2) is 4.39 Å². The highest BCUT2D eigenvalue weighted by Crippen LogP contribution is 2.16. The maximum absolute atomic E-state index is 13.6. The number of nitrogens with zero attached hydrogens (tertiary/aromatic N) is 1. The molecule has 3 N–H and O–H groups in total. The summed E-state index contributed by atoms with van der Waals surface area (Å²) in [5, 5.41) is 16.3. The molecule has 0 aromatic heterocycles. The average molecular weight is 311 g/mol. The number of hydrogen-bond acceptors (Lipinski definition) is 3. The molecule has 5 nitrogen and oxygen atoms in total. The highest BCUT2D eigenvalue weighted by Gasteiger charge is 2.11. The predicted octanol–water partition coefficient (Wildman–Crippen LogP) is 1.84. The number of ether oxygens (including phenoxy) is 1.